The van der Waals surface area contributed by atoms with Crippen LogP contribution in [0.15, 0.2) is 18.2 Å². The lowest BCUT2D eigenvalue weighted by Gasteiger charge is -2.04. The maximum Gasteiger partial charge on any atom is 0.431 e. The number of fused-ring (bicyclic) bond motifs is 1. The Morgan fingerprint density at radius 1 is 1.35 bits per heavy atom. The van der Waals surface area contributed by atoms with Gasteiger partial charge in [-0.25, -0.2) is 0 Å². The molecule has 0 unspecified atom stereocenters. The van der Waals surface area contributed by atoms with Crippen LogP contribution in [0.4, 0.5) is 13.2 Å². The number of aryl methyl sites for hydroxylation is 1. The summed E-state index contributed by atoms with van der Waals surface area (Å²) < 4.78 is 38.0. The predicted octanol–water partition coefficient (Wildman–Crippen LogP) is 2.59. The molecule has 0 saturated heterocycles. The van der Waals surface area contributed by atoms with Gasteiger partial charge in [-0.15, -0.1) is 0 Å². The number of halogens is 3. The molecule has 6 heteroatoms. The molecule has 0 saturated carbocycles. The minimum Gasteiger partial charge on any atom is -0.366 e. The van der Waals surface area contributed by atoms with Crippen LogP contribution in [0.3, 0.4) is 0 Å². The summed E-state index contributed by atoms with van der Waals surface area (Å²) >= 11 is 0. The molecule has 3 N–H and O–H groups in total. The van der Waals surface area contributed by atoms with Crippen molar-refractivity contribution >= 4 is 16.8 Å². The molecule has 0 aliphatic rings. The van der Waals surface area contributed by atoms with Gasteiger partial charge in [0.15, 0.2) is 0 Å². The van der Waals surface area contributed by atoms with Crippen LogP contribution >= 0.6 is 0 Å². The molecule has 0 radical (unpaired) electrons. The van der Waals surface area contributed by atoms with Crippen LogP contribution in [0, 0.1) is 6.92 Å². The Kier molecular flexibility index (Phi) is 2.38. The number of hydrogen-bond acceptors (Lipinski definition) is 1. The number of para-hydroxylation sites is 1. The van der Waals surface area contributed by atoms with Crippen molar-refractivity contribution in [1.82, 2.24) is 4.98 Å². The second-order valence-corrected chi connectivity index (χ2v) is 3.72. The lowest BCUT2D eigenvalue weighted by atomic mass is 10.1. The van der Waals surface area contributed by atoms with Crippen LogP contribution in [0.1, 0.15) is 21.6 Å². The molecule has 3 nitrogen and oxygen atoms in total. The molecule has 1 amide bonds. The maximum atomic E-state index is 12.7. The summed E-state index contributed by atoms with van der Waals surface area (Å²) in [5.41, 5.74) is 4.51. The summed E-state index contributed by atoms with van der Waals surface area (Å²) in [6, 6.07) is 4.41. The third-order valence-corrected chi connectivity index (χ3v) is 2.64. The fourth-order valence-electron chi connectivity index (χ4n) is 1.84. The number of carbonyl (C=O) groups excluding carboxylic acids is 1. The van der Waals surface area contributed by atoms with Gasteiger partial charge in [-0.1, -0.05) is 12.1 Å². The Morgan fingerprint density at radius 2 is 2.00 bits per heavy atom. The molecule has 0 aliphatic carbocycles. The predicted molar refractivity (Wildman–Crippen MR) is 56.6 cm³/mol. The standard InChI is InChI=1S/C11H9F3N2O/c1-5-6-3-2-4-7(10(15)17)8(6)16-9(5)11(12,13)14/h2-4,16H,1H3,(H2,15,17). The molecular weight excluding hydrogens is 233 g/mol. The fourth-order valence-corrected chi connectivity index (χ4v) is 1.84. The van der Waals surface area contributed by atoms with Crippen molar-refractivity contribution in [3.05, 3.63) is 35.0 Å². The smallest absolute Gasteiger partial charge is 0.366 e. The zero-order valence-corrected chi connectivity index (χ0v) is 8.85. The van der Waals surface area contributed by atoms with Crippen LogP contribution in [0.5, 0.6) is 0 Å². The van der Waals surface area contributed by atoms with E-state index in [-0.39, 0.29) is 16.6 Å². The highest BCUT2D eigenvalue weighted by atomic mass is 19.4. The number of nitrogens with one attached hydrogen (secondary N) is 1. The number of benzene rings is 1. The number of H-pyrrole nitrogens is 1. The number of hydrogen-bond donors (Lipinski definition) is 2. The molecule has 17 heavy (non-hydrogen) atoms. The highest BCUT2D eigenvalue weighted by Gasteiger charge is 2.35. The van der Waals surface area contributed by atoms with E-state index >= 15 is 0 Å². The molecule has 90 valence electrons. The summed E-state index contributed by atoms with van der Waals surface area (Å²) in [4.78, 5) is 13.3. The summed E-state index contributed by atoms with van der Waals surface area (Å²) in [5, 5.41) is 0.355. The van der Waals surface area contributed by atoms with Crippen molar-refractivity contribution in [3.63, 3.8) is 0 Å². The summed E-state index contributed by atoms with van der Waals surface area (Å²) in [6.45, 7) is 1.35. The Labute approximate surface area is 94.4 Å². The number of primary amides is 1. The fraction of sp³-hybridized carbons (Fsp3) is 0.182. The van der Waals surface area contributed by atoms with E-state index in [4.69, 9.17) is 5.73 Å². The number of aromatic amines is 1. The number of aromatic nitrogens is 1. The molecule has 0 atom stereocenters. The average molecular weight is 242 g/mol. The van der Waals surface area contributed by atoms with Crippen molar-refractivity contribution in [2.75, 3.05) is 0 Å². The van der Waals surface area contributed by atoms with Gasteiger partial charge in [-0.2, -0.15) is 13.2 Å². The highest BCUT2D eigenvalue weighted by Crippen LogP contribution is 2.35. The molecule has 0 bridgehead atoms. The minimum atomic E-state index is -4.47. The SMILES string of the molecule is Cc1c(C(F)(F)F)[nH]c2c(C(N)=O)cccc12. The topological polar surface area (TPSA) is 58.9 Å². The average Bonchev–Trinajstić information content (AvgIpc) is 2.55. The first-order valence-corrected chi connectivity index (χ1v) is 4.80. The van der Waals surface area contributed by atoms with Crippen molar-refractivity contribution in [1.29, 1.82) is 0 Å². The van der Waals surface area contributed by atoms with Gasteiger partial charge in [0.2, 0.25) is 0 Å². The van der Waals surface area contributed by atoms with Crippen LogP contribution in [0.25, 0.3) is 10.9 Å². The molecule has 1 aromatic heterocycles. The van der Waals surface area contributed by atoms with E-state index in [0.717, 1.165) is 0 Å². The number of rotatable bonds is 1. The van der Waals surface area contributed by atoms with Crippen LogP contribution in [0.2, 0.25) is 0 Å². The minimum absolute atomic E-state index is 0.0566. The number of carbonyl (C=O) groups is 1. The maximum absolute atomic E-state index is 12.7. The third-order valence-electron chi connectivity index (χ3n) is 2.64. The van der Waals surface area contributed by atoms with Gasteiger partial charge in [0.05, 0.1) is 11.1 Å². The summed E-state index contributed by atoms with van der Waals surface area (Å²) in [5.74, 6) is -0.759. The molecule has 1 heterocycles. The van der Waals surface area contributed by atoms with Gasteiger partial charge < -0.3 is 10.7 Å². The molecule has 2 aromatic rings. The van der Waals surface area contributed by atoms with E-state index in [1.54, 1.807) is 0 Å². The van der Waals surface area contributed by atoms with Gasteiger partial charge in [0.25, 0.3) is 5.91 Å². The molecule has 0 aliphatic heterocycles. The first-order valence-electron chi connectivity index (χ1n) is 4.80. The van der Waals surface area contributed by atoms with Gasteiger partial charge >= 0.3 is 6.18 Å². The van der Waals surface area contributed by atoms with Gasteiger partial charge in [0.1, 0.15) is 5.69 Å². The lowest BCUT2D eigenvalue weighted by molar-refractivity contribution is -0.141. The Bertz CT molecular complexity index is 599. The first-order chi connectivity index (χ1) is 7.82. The Balaban J connectivity index is 2.82. The van der Waals surface area contributed by atoms with Crippen molar-refractivity contribution in [2.24, 2.45) is 5.73 Å². The van der Waals surface area contributed by atoms with Crippen LogP contribution in [-0.2, 0) is 6.18 Å². The Morgan fingerprint density at radius 3 is 2.53 bits per heavy atom. The monoisotopic (exact) mass is 242 g/mol. The number of alkyl halides is 3. The second kappa shape index (κ2) is 3.51. The molecule has 2 rings (SSSR count). The van der Waals surface area contributed by atoms with Crippen molar-refractivity contribution < 1.29 is 18.0 Å². The van der Waals surface area contributed by atoms with Crippen LogP contribution < -0.4 is 5.73 Å². The largest absolute Gasteiger partial charge is 0.431 e. The first kappa shape index (κ1) is 11.5. The van der Waals surface area contributed by atoms with Crippen LogP contribution in [-0.4, -0.2) is 10.9 Å². The molecule has 0 fully saturated rings. The van der Waals surface area contributed by atoms with Crippen molar-refractivity contribution in [3.8, 4) is 0 Å². The van der Waals surface area contributed by atoms with E-state index in [1.165, 1.54) is 25.1 Å². The summed E-state index contributed by atoms with van der Waals surface area (Å²) in [6.07, 6.45) is -4.47. The number of nitrogens with two attached hydrogens (primary N) is 1. The van der Waals surface area contributed by atoms with E-state index in [9.17, 15) is 18.0 Å². The van der Waals surface area contributed by atoms with E-state index < -0.39 is 17.8 Å². The lowest BCUT2D eigenvalue weighted by Crippen LogP contribution is -2.11. The van der Waals surface area contributed by atoms with Crippen molar-refractivity contribution in [2.45, 2.75) is 13.1 Å². The van der Waals surface area contributed by atoms with E-state index in [0.29, 0.717) is 5.39 Å². The molecule has 0 spiro atoms. The van der Waals surface area contributed by atoms with Gasteiger partial charge in [-0.3, -0.25) is 4.79 Å². The highest BCUT2D eigenvalue weighted by molar-refractivity contribution is 6.06. The normalized spacial score (nSPS) is 12.0. The number of amides is 1. The van der Waals surface area contributed by atoms with E-state index in [2.05, 4.69) is 4.98 Å². The summed E-state index contributed by atoms with van der Waals surface area (Å²) in [7, 11) is 0. The zero-order chi connectivity index (χ0) is 12.8. The van der Waals surface area contributed by atoms with E-state index in [1.807, 2.05) is 0 Å². The Hall–Kier alpha value is -1.98. The third kappa shape index (κ3) is 1.75. The second-order valence-electron chi connectivity index (χ2n) is 3.72. The molecular formula is C11H9F3N2O. The zero-order valence-electron chi connectivity index (χ0n) is 8.85. The quantitative estimate of drug-likeness (QED) is 0.793. The van der Waals surface area contributed by atoms with Gasteiger partial charge in [-0.05, 0) is 18.6 Å². The molecule has 1 aromatic carbocycles. The van der Waals surface area contributed by atoms with Gasteiger partial charge in [0, 0.05) is 5.39 Å².